The quantitative estimate of drug-likeness (QED) is 0.794. The summed E-state index contributed by atoms with van der Waals surface area (Å²) in [5.74, 6) is -7.53. The molecule has 0 aromatic rings. The van der Waals surface area contributed by atoms with Crippen molar-refractivity contribution in [2.45, 2.75) is 24.9 Å². The molecule has 0 aliphatic carbocycles. The molecule has 0 radical (unpaired) electrons. The van der Waals surface area contributed by atoms with Crippen LogP contribution in [0.4, 0.5) is 22.0 Å². The molecule has 3 nitrogen and oxygen atoms in total. The summed E-state index contributed by atoms with van der Waals surface area (Å²) in [7, 11) is 1.66. The molecule has 0 aromatic heterocycles. The summed E-state index contributed by atoms with van der Waals surface area (Å²) in [4.78, 5) is 11.9. The minimum atomic E-state index is -5.83. The minimum Gasteiger partial charge on any atom is -0.337 e. The van der Waals surface area contributed by atoms with Gasteiger partial charge in [0.05, 0.1) is 0 Å². The van der Waals surface area contributed by atoms with Crippen LogP contribution < -0.4 is 5.32 Å². The fourth-order valence-electron chi connectivity index (χ4n) is 2.02. The van der Waals surface area contributed by atoms with Crippen LogP contribution in [0.15, 0.2) is 0 Å². The predicted molar refractivity (Wildman–Crippen MR) is 54.2 cm³/mol. The first kappa shape index (κ1) is 15.1. The number of nitrogens with one attached hydrogen (secondary N) is 1. The lowest BCUT2D eigenvalue weighted by Gasteiger charge is -2.35. The lowest BCUT2D eigenvalue weighted by Crippen LogP contribution is -2.55. The van der Waals surface area contributed by atoms with Crippen LogP contribution in [0.25, 0.3) is 0 Å². The Balaban J connectivity index is 2.72. The van der Waals surface area contributed by atoms with Gasteiger partial charge in [0.25, 0.3) is 0 Å². The summed E-state index contributed by atoms with van der Waals surface area (Å²) < 4.78 is 62.0. The lowest BCUT2D eigenvalue weighted by molar-refractivity contribution is -0.275. The number of amides is 1. The van der Waals surface area contributed by atoms with Crippen molar-refractivity contribution in [1.82, 2.24) is 10.2 Å². The molecule has 8 heteroatoms. The average Bonchev–Trinajstić information content (AvgIpc) is 2.27. The van der Waals surface area contributed by atoms with Gasteiger partial charge < -0.3 is 10.2 Å². The SMILES string of the molecule is CNCC1CCCN(C(=O)C(F)(F)C(F)(F)F)C1. The summed E-state index contributed by atoms with van der Waals surface area (Å²) >= 11 is 0. The number of rotatable bonds is 3. The van der Waals surface area contributed by atoms with E-state index in [9.17, 15) is 26.7 Å². The van der Waals surface area contributed by atoms with E-state index < -0.39 is 18.0 Å². The van der Waals surface area contributed by atoms with Crippen molar-refractivity contribution in [2.24, 2.45) is 5.92 Å². The smallest absolute Gasteiger partial charge is 0.337 e. The van der Waals surface area contributed by atoms with Crippen molar-refractivity contribution in [3.63, 3.8) is 0 Å². The van der Waals surface area contributed by atoms with Gasteiger partial charge in [-0.15, -0.1) is 0 Å². The highest BCUT2D eigenvalue weighted by atomic mass is 19.4. The molecule has 1 atom stereocenters. The molecule has 106 valence electrons. The molecule has 0 aromatic carbocycles. The van der Waals surface area contributed by atoms with E-state index in [-0.39, 0.29) is 19.0 Å². The number of hydrogen-bond acceptors (Lipinski definition) is 2. The molecule has 1 fully saturated rings. The zero-order valence-electron chi connectivity index (χ0n) is 9.86. The van der Waals surface area contributed by atoms with Crippen LogP contribution in [0.1, 0.15) is 12.8 Å². The summed E-state index contributed by atoms with van der Waals surface area (Å²) in [6, 6.07) is 0. The third-order valence-corrected chi connectivity index (χ3v) is 2.92. The van der Waals surface area contributed by atoms with E-state index in [0.29, 0.717) is 24.3 Å². The second kappa shape index (κ2) is 5.38. The second-order valence-electron chi connectivity index (χ2n) is 4.39. The highest BCUT2D eigenvalue weighted by Gasteiger charge is 2.64. The molecular weight excluding hydrogens is 259 g/mol. The molecule has 1 saturated heterocycles. The number of halogens is 5. The molecule has 0 saturated carbocycles. The Hall–Kier alpha value is -0.920. The first-order chi connectivity index (χ1) is 8.20. The zero-order chi connectivity index (χ0) is 14.0. The van der Waals surface area contributed by atoms with Crippen molar-refractivity contribution in [3.05, 3.63) is 0 Å². The fourth-order valence-corrected chi connectivity index (χ4v) is 2.02. The summed E-state index contributed by atoms with van der Waals surface area (Å²) in [6.45, 7) is 0.372. The Bertz CT molecular complexity index is 303. The van der Waals surface area contributed by atoms with Crippen molar-refractivity contribution in [3.8, 4) is 0 Å². The van der Waals surface area contributed by atoms with Gasteiger partial charge >= 0.3 is 18.0 Å². The normalized spacial score (nSPS) is 22.1. The predicted octanol–water partition coefficient (Wildman–Crippen LogP) is 1.64. The van der Waals surface area contributed by atoms with Crippen LogP contribution in [-0.2, 0) is 4.79 Å². The van der Waals surface area contributed by atoms with E-state index in [2.05, 4.69) is 5.32 Å². The van der Waals surface area contributed by atoms with Crippen molar-refractivity contribution in [1.29, 1.82) is 0 Å². The van der Waals surface area contributed by atoms with E-state index in [1.807, 2.05) is 0 Å². The highest BCUT2D eigenvalue weighted by molar-refractivity contribution is 5.84. The Kier molecular flexibility index (Phi) is 4.52. The van der Waals surface area contributed by atoms with Crippen molar-refractivity contribution >= 4 is 5.91 Å². The molecule has 1 rings (SSSR count). The van der Waals surface area contributed by atoms with Crippen LogP contribution in [0.2, 0.25) is 0 Å². The van der Waals surface area contributed by atoms with Crippen LogP contribution in [0, 0.1) is 5.92 Å². The van der Waals surface area contributed by atoms with Crippen molar-refractivity contribution in [2.75, 3.05) is 26.7 Å². The van der Waals surface area contributed by atoms with Crippen LogP contribution in [-0.4, -0.2) is 49.6 Å². The average molecular weight is 274 g/mol. The van der Waals surface area contributed by atoms with Gasteiger partial charge in [0, 0.05) is 13.1 Å². The van der Waals surface area contributed by atoms with Gasteiger partial charge in [-0.2, -0.15) is 22.0 Å². The number of carbonyl (C=O) groups excluding carboxylic acids is 1. The first-order valence-electron chi connectivity index (χ1n) is 5.58. The van der Waals surface area contributed by atoms with Gasteiger partial charge in [-0.05, 0) is 32.4 Å². The van der Waals surface area contributed by atoms with Crippen LogP contribution in [0.3, 0.4) is 0 Å². The molecule has 1 aliphatic rings. The van der Waals surface area contributed by atoms with Gasteiger partial charge in [-0.3, -0.25) is 4.79 Å². The maximum atomic E-state index is 12.9. The number of piperidine rings is 1. The van der Waals surface area contributed by atoms with Crippen molar-refractivity contribution < 1.29 is 26.7 Å². The minimum absolute atomic E-state index is 0.0509. The lowest BCUT2D eigenvalue weighted by atomic mass is 9.97. The first-order valence-corrected chi connectivity index (χ1v) is 5.58. The summed E-state index contributed by atoms with van der Waals surface area (Å²) in [6.07, 6.45) is -4.69. The number of carbonyl (C=O) groups is 1. The van der Waals surface area contributed by atoms with Gasteiger partial charge in [-0.1, -0.05) is 0 Å². The summed E-state index contributed by atoms with van der Waals surface area (Å²) in [5.41, 5.74) is 0. The second-order valence-corrected chi connectivity index (χ2v) is 4.39. The van der Waals surface area contributed by atoms with E-state index in [4.69, 9.17) is 0 Å². The number of nitrogens with zero attached hydrogens (tertiary/aromatic N) is 1. The zero-order valence-corrected chi connectivity index (χ0v) is 9.86. The van der Waals surface area contributed by atoms with E-state index in [1.54, 1.807) is 7.05 Å². The van der Waals surface area contributed by atoms with E-state index >= 15 is 0 Å². The molecule has 0 spiro atoms. The topological polar surface area (TPSA) is 32.3 Å². The monoisotopic (exact) mass is 274 g/mol. The molecular formula is C10H15F5N2O. The van der Waals surface area contributed by atoms with Crippen LogP contribution >= 0.6 is 0 Å². The molecule has 1 aliphatic heterocycles. The summed E-state index contributed by atoms with van der Waals surface area (Å²) in [5, 5.41) is 2.82. The Morgan fingerprint density at radius 1 is 1.33 bits per heavy atom. The number of likely N-dealkylation sites (tertiary alicyclic amines) is 1. The Labute approximate surface area is 101 Å². The maximum Gasteiger partial charge on any atom is 0.463 e. The Morgan fingerprint density at radius 3 is 2.44 bits per heavy atom. The van der Waals surface area contributed by atoms with Crippen LogP contribution in [0.5, 0.6) is 0 Å². The Morgan fingerprint density at radius 2 is 1.94 bits per heavy atom. The fraction of sp³-hybridized carbons (Fsp3) is 0.900. The number of alkyl halides is 5. The van der Waals surface area contributed by atoms with Gasteiger partial charge in [-0.25, -0.2) is 0 Å². The molecule has 1 N–H and O–H groups in total. The largest absolute Gasteiger partial charge is 0.463 e. The van der Waals surface area contributed by atoms with E-state index in [0.717, 1.165) is 0 Å². The third kappa shape index (κ3) is 3.09. The highest BCUT2D eigenvalue weighted by Crippen LogP contribution is 2.37. The maximum absolute atomic E-state index is 12.9. The van der Waals surface area contributed by atoms with Gasteiger partial charge in [0.1, 0.15) is 0 Å². The van der Waals surface area contributed by atoms with Gasteiger partial charge in [0.2, 0.25) is 0 Å². The molecule has 1 amide bonds. The standard InChI is InChI=1S/C10H15F5N2O/c1-16-5-7-3-2-4-17(6-7)8(18)9(11,12)10(13,14)15/h7,16H,2-6H2,1H3. The van der Waals surface area contributed by atoms with E-state index in [1.165, 1.54) is 0 Å². The molecule has 0 bridgehead atoms. The molecule has 1 unspecified atom stereocenters. The number of hydrogen-bond donors (Lipinski definition) is 1. The van der Waals surface area contributed by atoms with Gasteiger partial charge in [0.15, 0.2) is 0 Å². The molecule has 18 heavy (non-hydrogen) atoms. The molecule has 1 heterocycles. The third-order valence-electron chi connectivity index (χ3n) is 2.92.